The fourth-order valence-electron chi connectivity index (χ4n) is 5.50. The quantitative estimate of drug-likeness (QED) is 0.726. The van der Waals surface area contributed by atoms with Gasteiger partial charge in [-0.15, -0.1) is 0 Å². The molecule has 4 nitrogen and oxygen atoms in total. The van der Waals surface area contributed by atoms with Crippen molar-refractivity contribution < 1.29 is 9.53 Å². The lowest BCUT2D eigenvalue weighted by atomic mass is 9.66. The molecule has 1 amide bonds. The van der Waals surface area contributed by atoms with Crippen LogP contribution in [0.4, 0.5) is 0 Å². The fraction of sp³-hybridized carbons (Fsp3) is 0.938. The minimum absolute atomic E-state index is 0.0606. The molecule has 0 spiro atoms. The topological polar surface area (TPSA) is 32.8 Å². The molecule has 112 valence electrons. The maximum Gasteiger partial charge on any atom is 0.255 e. The molecule has 4 bridgehead atoms. The van der Waals surface area contributed by atoms with Crippen LogP contribution in [0.25, 0.3) is 0 Å². The molecule has 20 heavy (non-hydrogen) atoms. The Bertz CT molecular complexity index is 459. The highest BCUT2D eigenvalue weighted by Gasteiger charge is 2.78. The lowest BCUT2D eigenvalue weighted by Gasteiger charge is -2.44. The average molecular weight is 278 g/mol. The van der Waals surface area contributed by atoms with Crippen molar-refractivity contribution in [2.45, 2.75) is 38.7 Å². The summed E-state index contributed by atoms with van der Waals surface area (Å²) >= 11 is 0. The van der Waals surface area contributed by atoms with Crippen LogP contribution in [0.15, 0.2) is 0 Å². The molecule has 4 heteroatoms. The van der Waals surface area contributed by atoms with E-state index in [0.29, 0.717) is 11.8 Å². The highest BCUT2D eigenvalue weighted by Crippen LogP contribution is 2.75. The standard InChI is InChI=1S/C16H26N2O2/c1-14-11-20-16(10-12(14)4-5-15(14,16)2)13(19)18-8-6-17(3)7-9-18/h12H,4-11H2,1-3H3/t12-,14-,15-,16+/m0/s1. The second-order valence-electron chi connectivity index (χ2n) is 7.90. The third-order valence-corrected chi connectivity index (χ3v) is 7.33. The van der Waals surface area contributed by atoms with Gasteiger partial charge in [0.1, 0.15) is 0 Å². The molecule has 4 atom stereocenters. The lowest BCUT2D eigenvalue weighted by Crippen LogP contribution is -2.59. The van der Waals surface area contributed by atoms with E-state index in [1.165, 1.54) is 6.42 Å². The maximum atomic E-state index is 13.2. The van der Waals surface area contributed by atoms with Gasteiger partial charge in [0.15, 0.2) is 5.60 Å². The van der Waals surface area contributed by atoms with E-state index < -0.39 is 5.60 Å². The van der Waals surface area contributed by atoms with Crippen LogP contribution in [-0.2, 0) is 9.53 Å². The zero-order valence-electron chi connectivity index (χ0n) is 12.9. The van der Waals surface area contributed by atoms with E-state index in [2.05, 4.69) is 30.7 Å². The Hall–Kier alpha value is -0.610. The van der Waals surface area contributed by atoms with Crippen LogP contribution >= 0.6 is 0 Å². The van der Waals surface area contributed by atoms with Gasteiger partial charge in [-0.25, -0.2) is 0 Å². The van der Waals surface area contributed by atoms with Gasteiger partial charge < -0.3 is 14.5 Å². The van der Waals surface area contributed by atoms with E-state index in [1.807, 2.05) is 0 Å². The molecule has 2 heterocycles. The molecular formula is C16H26N2O2. The van der Waals surface area contributed by atoms with Crippen LogP contribution < -0.4 is 0 Å². The number of likely N-dealkylation sites (N-methyl/N-ethyl adjacent to an activating group) is 1. The van der Waals surface area contributed by atoms with E-state index >= 15 is 0 Å². The van der Waals surface area contributed by atoms with E-state index in [-0.39, 0.29) is 10.8 Å². The van der Waals surface area contributed by atoms with Crippen LogP contribution in [0.5, 0.6) is 0 Å². The maximum absolute atomic E-state index is 13.2. The van der Waals surface area contributed by atoms with Crippen molar-refractivity contribution in [1.82, 2.24) is 9.80 Å². The number of nitrogens with zero attached hydrogens (tertiary/aromatic N) is 2. The molecule has 2 saturated heterocycles. The zero-order valence-corrected chi connectivity index (χ0v) is 12.9. The van der Waals surface area contributed by atoms with Gasteiger partial charge in [0, 0.05) is 37.0 Å². The first-order chi connectivity index (χ1) is 9.43. The summed E-state index contributed by atoms with van der Waals surface area (Å²) in [5.41, 5.74) is -0.207. The Kier molecular flexibility index (Phi) is 2.47. The smallest absolute Gasteiger partial charge is 0.255 e. The highest BCUT2D eigenvalue weighted by molar-refractivity contribution is 5.88. The van der Waals surface area contributed by atoms with Crippen molar-refractivity contribution in [3.63, 3.8) is 0 Å². The Morgan fingerprint density at radius 1 is 1.20 bits per heavy atom. The second-order valence-corrected chi connectivity index (χ2v) is 7.90. The number of carbonyl (C=O) groups excluding carboxylic acids is 1. The van der Waals surface area contributed by atoms with E-state index in [1.54, 1.807) is 0 Å². The summed E-state index contributed by atoms with van der Waals surface area (Å²) in [7, 11) is 2.13. The van der Waals surface area contributed by atoms with Gasteiger partial charge in [0.2, 0.25) is 0 Å². The van der Waals surface area contributed by atoms with Crippen molar-refractivity contribution >= 4 is 5.91 Å². The SMILES string of the molecule is CN1CCN(C(=O)[C@]23C[C@@H]4CC[C@@]2(C)[C@@]4(C)CO3)CC1. The number of piperazine rings is 1. The Morgan fingerprint density at radius 3 is 2.50 bits per heavy atom. The molecule has 0 aromatic heterocycles. The number of rotatable bonds is 1. The van der Waals surface area contributed by atoms with Crippen molar-refractivity contribution in [3.8, 4) is 0 Å². The predicted molar refractivity (Wildman–Crippen MR) is 76.3 cm³/mol. The monoisotopic (exact) mass is 278 g/mol. The van der Waals surface area contributed by atoms with Crippen LogP contribution in [0, 0.1) is 16.7 Å². The van der Waals surface area contributed by atoms with E-state index in [9.17, 15) is 4.79 Å². The molecule has 4 aliphatic rings. The number of carbonyl (C=O) groups is 1. The second kappa shape index (κ2) is 3.77. The summed E-state index contributed by atoms with van der Waals surface area (Å²) in [4.78, 5) is 17.6. The highest BCUT2D eigenvalue weighted by atomic mass is 16.5. The summed E-state index contributed by atoms with van der Waals surface area (Å²) in [6.45, 7) is 9.15. The first-order valence-electron chi connectivity index (χ1n) is 8.05. The van der Waals surface area contributed by atoms with Crippen LogP contribution in [0.2, 0.25) is 0 Å². The molecule has 0 aromatic rings. The fourth-order valence-corrected chi connectivity index (χ4v) is 5.50. The molecule has 0 aromatic carbocycles. The van der Waals surface area contributed by atoms with Gasteiger partial charge in [-0.05, 0) is 32.2 Å². The third-order valence-electron chi connectivity index (χ3n) is 7.33. The molecule has 0 radical (unpaired) electrons. The first-order valence-corrected chi connectivity index (χ1v) is 8.05. The Morgan fingerprint density at radius 2 is 1.90 bits per heavy atom. The van der Waals surface area contributed by atoms with Gasteiger partial charge >= 0.3 is 0 Å². The van der Waals surface area contributed by atoms with Gasteiger partial charge in [-0.2, -0.15) is 0 Å². The van der Waals surface area contributed by atoms with Crippen LogP contribution in [0.3, 0.4) is 0 Å². The molecule has 4 fully saturated rings. The summed E-state index contributed by atoms with van der Waals surface area (Å²) in [6.07, 6.45) is 3.41. The van der Waals surface area contributed by atoms with Crippen LogP contribution in [-0.4, -0.2) is 61.1 Å². The largest absolute Gasteiger partial charge is 0.364 e. The minimum atomic E-state index is -0.499. The van der Waals surface area contributed by atoms with Gasteiger partial charge in [-0.1, -0.05) is 13.8 Å². The molecule has 2 saturated carbocycles. The molecule has 2 aliphatic carbocycles. The molecule has 0 unspecified atom stereocenters. The van der Waals surface area contributed by atoms with E-state index in [0.717, 1.165) is 45.6 Å². The number of ether oxygens (including phenoxy) is 1. The Balaban J connectivity index is 1.64. The van der Waals surface area contributed by atoms with Crippen molar-refractivity contribution in [3.05, 3.63) is 0 Å². The number of hydrogen-bond acceptors (Lipinski definition) is 3. The summed E-state index contributed by atoms with van der Waals surface area (Å²) in [6, 6.07) is 0. The van der Waals surface area contributed by atoms with Crippen molar-refractivity contribution in [2.75, 3.05) is 39.8 Å². The van der Waals surface area contributed by atoms with E-state index in [4.69, 9.17) is 4.74 Å². The van der Waals surface area contributed by atoms with Crippen molar-refractivity contribution in [1.29, 1.82) is 0 Å². The molecule has 0 N–H and O–H groups in total. The van der Waals surface area contributed by atoms with Crippen molar-refractivity contribution in [2.24, 2.45) is 16.7 Å². The summed E-state index contributed by atoms with van der Waals surface area (Å²) in [5.74, 6) is 0.983. The third kappa shape index (κ3) is 1.24. The molecule has 2 aliphatic heterocycles. The minimum Gasteiger partial charge on any atom is -0.364 e. The number of amides is 1. The predicted octanol–water partition coefficient (Wildman–Crippen LogP) is 1.36. The molecular weight excluding hydrogens is 252 g/mol. The average Bonchev–Trinajstić information content (AvgIpc) is 2.91. The number of hydrogen-bond donors (Lipinski definition) is 0. The lowest BCUT2D eigenvalue weighted by molar-refractivity contribution is -0.168. The van der Waals surface area contributed by atoms with Crippen LogP contribution in [0.1, 0.15) is 33.1 Å². The molecule has 4 rings (SSSR count). The van der Waals surface area contributed by atoms with Gasteiger partial charge in [-0.3, -0.25) is 4.79 Å². The normalized spacial score (nSPS) is 51.0. The Labute approximate surface area is 121 Å². The van der Waals surface area contributed by atoms with Gasteiger partial charge in [0.05, 0.1) is 6.61 Å². The first kappa shape index (κ1) is 13.1. The summed E-state index contributed by atoms with van der Waals surface area (Å²) < 4.78 is 6.22. The summed E-state index contributed by atoms with van der Waals surface area (Å²) in [5, 5.41) is 0. The van der Waals surface area contributed by atoms with Gasteiger partial charge in [0.25, 0.3) is 5.91 Å². The zero-order chi connectivity index (χ0) is 14.2.